The minimum Gasteiger partial charge on any atom is -0.494 e. The Balaban J connectivity index is 2.16. The predicted octanol–water partition coefficient (Wildman–Crippen LogP) is 3.07. The van der Waals surface area contributed by atoms with Crippen LogP contribution in [0.5, 0.6) is 5.75 Å². The quantitative estimate of drug-likeness (QED) is 0.606. The Bertz CT molecular complexity index is 193. The van der Waals surface area contributed by atoms with Gasteiger partial charge in [0.25, 0.3) is 0 Å². The number of hydrogen-bond acceptors (Lipinski definition) is 1. The van der Waals surface area contributed by atoms with Crippen LogP contribution < -0.4 is 4.74 Å². The van der Waals surface area contributed by atoms with Gasteiger partial charge in [-0.25, -0.2) is 0 Å². The third kappa shape index (κ3) is 3.42. The summed E-state index contributed by atoms with van der Waals surface area (Å²) < 4.78 is 5.48. The van der Waals surface area contributed by atoms with Crippen molar-refractivity contribution in [1.82, 2.24) is 0 Å². The highest BCUT2D eigenvalue weighted by atomic mass is 16.5. The van der Waals surface area contributed by atoms with E-state index in [4.69, 9.17) is 4.74 Å². The van der Waals surface area contributed by atoms with E-state index in [1.807, 2.05) is 30.3 Å². The maximum atomic E-state index is 5.48. The van der Waals surface area contributed by atoms with E-state index in [0.717, 1.165) is 31.6 Å². The van der Waals surface area contributed by atoms with Crippen LogP contribution >= 0.6 is 0 Å². The summed E-state index contributed by atoms with van der Waals surface area (Å²) in [6, 6.07) is 9.91. The highest BCUT2D eigenvalue weighted by Gasteiger charge is 1.89. The number of hydrogen-bond donors (Lipinski definition) is 0. The number of unbranched alkanes of at least 4 members (excludes halogenated alkanes) is 2. The Labute approximate surface area is 74.4 Å². The van der Waals surface area contributed by atoms with E-state index in [1.165, 1.54) is 0 Å². The molecule has 0 bridgehead atoms. The first-order valence-corrected chi connectivity index (χ1v) is 4.40. The van der Waals surface area contributed by atoms with E-state index in [1.54, 1.807) is 0 Å². The molecule has 0 aliphatic heterocycles. The molecule has 1 nitrogen and oxygen atoms in total. The predicted molar refractivity (Wildman–Crippen MR) is 51.1 cm³/mol. The van der Waals surface area contributed by atoms with Crippen molar-refractivity contribution in [3.05, 3.63) is 37.3 Å². The monoisotopic (exact) mass is 163 g/mol. The van der Waals surface area contributed by atoms with Crippen LogP contribution in [0.1, 0.15) is 19.3 Å². The standard InChI is InChI=1S/C11H15O/c1-2-3-7-10-12-11-8-5-4-6-9-11/h4-6,8-9H,1-3,7,10H2. The highest BCUT2D eigenvalue weighted by molar-refractivity contribution is 5.20. The van der Waals surface area contributed by atoms with Crippen LogP contribution in [-0.4, -0.2) is 6.61 Å². The van der Waals surface area contributed by atoms with Gasteiger partial charge in [-0.05, 0) is 18.6 Å². The van der Waals surface area contributed by atoms with Crippen molar-refractivity contribution >= 4 is 0 Å². The lowest BCUT2D eigenvalue weighted by Crippen LogP contribution is -1.96. The lowest BCUT2D eigenvalue weighted by atomic mass is 10.3. The van der Waals surface area contributed by atoms with Gasteiger partial charge < -0.3 is 4.74 Å². The topological polar surface area (TPSA) is 9.23 Å². The highest BCUT2D eigenvalue weighted by Crippen LogP contribution is 2.08. The lowest BCUT2D eigenvalue weighted by Gasteiger charge is -2.03. The van der Waals surface area contributed by atoms with E-state index in [0.29, 0.717) is 0 Å². The first-order valence-electron chi connectivity index (χ1n) is 4.40. The third-order valence-electron chi connectivity index (χ3n) is 1.66. The van der Waals surface area contributed by atoms with Crippen molar-refractivity contribution in [1.29, 1.82) is 0 Å². The summed E-state index contributed by atoms with van der Waals surface area (Å²) in [5, 5.41) is 0. The molecule has 0 unspecified atom stereocenters. The molecule has 12 heavy (non-hydrogen) atoms. The van der Waals surface area contributed by atoms with Gasteiger partial charge in [0, 0.05) is 0 Å². The summed E-state index contributed by atoms with van der Waals surface area (Å²) >= 11 is 0. The van der Waals surface area contributed by atoms with Crippen LogP contribution in [0.2, 0.25) is 0 Å². The molecule has 1 heteroatoms. The number of ether oxygens (including phenoxy) is 1. The molecule has 0 fully saturated rings. The van der Waals surface area contributed by atoms with Crippen LogP contribution in [-0.2, 0) is 0 Å². The van der Waals surface area contributed by atoms with Gasteiger partial charge in [-0.1, -0.05) is 38.0 Å². The second-order valence-electron chi connectivity index (χ2n) is 2.72. The summed E-state index contributed by atoms with van der Waals surface area (Å²) in [7, 11) is 0. The fourth-order valence-corrected chi connectivity index (χ4v) is 0.986. The molecule has 65 valence electrons. The van der Waals surface area contributed by atoms with Crippen LogP contribution in [0.25, 0.3) is 0 Å². The summed E-state index contributed by atoms with van der Waals surface area (Å²) in [5.74, 6) is 0.960. The van der Waals surface area contributed by atoms with E-state index >= 15 is 0 Å². The summed E-state index contributed by atoms with van der Waals surface area (Å²) in [6.07, 6.45) is 3.24. The fraction of sp³-hybridized carbons (Fsp3) is 0.364. The smallest absolute Gasteiger partial charge is 0.119 e. The Morgan fingerprint density at radius 2 is 1.83 bits per heavy atom. The van der Waals surface area contributed by atoms with Crippen molar-refractivity contribution in [3.63, 3.8) is 0 Å². The Morgan fingerprint density at radius 3 is 2.50 bits per heavy atom. The first kappa shape index (κ1) is 9.11. The van der Waals surface area contributed by atoms with Gasteiger partial charge in [0.05, 0.1) is 6.61 Å². The molecular weight excluding hydrogens is 148 g/mol. The van der Waals surface area contributed by atoms with E-state index in [-0.39, 0.29) is 0 Å². The minimum atomic E-state index is 0.805. The first-order chi connectivity index (χ1) is 5.93. The van der Waals surface area contributed by atoms with E-state index < -0.39 is 0 Å². The molecule has 0 N–H and O–H groups in total. The van der Waals surface area contributed by atoms with Gasteiger partial charge in [0.1, 0.15) is 5.75 Å². The van der Waals surface area contributed by atoms with Crippen LogP contribution in [0.3, 0.4) is 0 Å². The second-order valence-corrected chi connectivity index (χ2v) is 2.72. The Hall–Kier alpha value is -0.980. The average molecular weight is 163 g/mol. The second kappa shape index (κ2) is 5.64. The van der Waals surface area contributed by atoms with Gasteiger partial charge in [0.15, 0.2) is 0 Å². The Kier molecular flexibility index (Phi) is 4.28. The van der Waals surface area contributed by atoms with Crippen LogP contribution in [0.15, 0.2) is 30.3 Å². The minimum absolute atomic E-state index is 0.805. The zero-order valence-corrected chi connectivity index (χ0v) is 7.33. The van der Waals surface area contributed by atoms with Crippen molar-refractivity contribution in [2.75, 3.05) is 6.61 Å². The largest absolute Gasteiger partial charge is 0.494 e. The van der Waals surface area contributed by atoms with Gasteiger partial charge in [-0.3, -0.25) is 0 Å². The molecule has 1 aromatic rings. The van der Waals surface area contributed by atoms with Crippen LogP contribution in [0.4, 0.5) is 0 Å². The molecule has 0 amide bonds. The molecule has 0 saturated carbocycles. The van der Waals surface area contributed by atoms with Gasteiger partial charge in [-0.15, -0.1) is 0 Å². The maximum absolute atomic E-state index is 5.48. The summed E-state index contributed by atoms with van der Waals surface area (Å²) in [5.41, 5.74) is 0. The normalized spacial score (nSPS) is 9.75. The van der Waals surface area contributed by atoms with Gasteiger partial charge in [-0.2, -0.15) is 0 Å². The van der Waals surface area contributed by atoms with E-state index in [9.17, 15) is 0 Å². The fourth-order valence-electron chi connectivity index (χ4n) is 0.986. The Morgan fingerprint density at radius 1 is 1.08 bits per heavy atom. The molecule has 0 aliphatic rings. The SMILES string of the molecule is [CH2]CCCCOc1ccccc1. The van der Waals surface area contributed by atoms with E-state index in [2.05, 4.69) is 6.92 Å². The van der Waals surface area contributed by atoms with Crippen molar-refractivity contribution in [3.8, 4) is 5.75 Å². The van der Waals surface area contributed by atoms with Gasteiger partial charge in [0.2, 0.25) is 0 Å². The average Bonchev–Trinajstić information content (AvgIpc) is 2.14. The van der Waals surface area contributed by atoms with Gasteiger partial charge >= 0.3 is 0 Å². The zero-order valence-electron chi connectivity index (χ0n) is 7.33. The molecule has 1 radical (unpaired) electrons. The molecule has 0 saturated heterocycles. The van der Waals surface area contributed by atoms with Crippen molar-refractivity contribution < 1.29 is 4.74 Å². The van der Waals surface area contributed by atoms with Crippen LogP contribution in [0, 0.1) is 6.92 Å². The maximum Gasteiger partial charge on any atom is 0.119 e. The summed E-state index contributed by atoms with van der Waals surface area (Å²) in [4.78, 5) is 0. The summed E-state index contributed by atoms with van der Waals surface area (Å²) in [6.45, 7) is 4.58. The molecule has 0 spiro atoms. The number of para-hydroxylation sites is 1. The molecule has 1 aromatic carbocycles. The molecule has 0 aromatic heterocycles. The third-order valence-corrected chi connectivity index (χ3v) is 1.66. The lowest BCUT2D eigenvalue weighted by molar-refractivity contribution is 0.307. The number of benzene rings is 1. The van der Waals surface area contributed by atoms with Crippen molar-refractivity contribution in [2.45, 2.75) is 19.3 Å². The molecule has 0 atom stereocenters. The molecule has 1 rings (SSSR count). The number of rotatable bonds is 5. The molecule has 0 aliphatic carbocycles. The molecule has 0 heterocycles. The zero-order chi connectivity index (χ0) is 8.65. The van der Waals surface area contributed by atoms with Crippen molar-refractivity contribution in [2.24, 2.45) is 0 Å². The molecular formula is C11H15O.